The van der Waals surface area contributed by atoms with Crippen LogP contribution in [-0.2, 0) is 19.6 Å². The maximum Gasteiger partial charge on any atom is 0.338 e. The Morgan fingerprint density at radius 3 is 2.53 bits per heavy atom. The average molecular weight is 459 g/mol. The Labute approximate surface area is 185 Å². The number of esters is 1. The molecule has 10 heteroatoms. The van der Waals surface area contributed by atoms with Gasteiger partial charge in [-0.1, -0.05) is 18.6 Å². The molecule has 0 spiro atoms. The molecule has 1 aliphatic heterocycles. The normalized spacial score (nSPS) is 15.4. The van der Waals surface area contributed by atoms with Gasteiger partial charge in [-0.05, 0) is 50.1 Å². The molecule has 0 aromatic heterocycles. The molecule has 2 aromatic rings. The van der Waals surface area contributed by atoms with Crippen molar-refractivity contribution in [2.75, 3.05) is 18.4 Å². The third-order valence-electron chi connectivity index (χ3n) is 5.06. The smallest absolute Gasteiger partial charge is 0.338 e. The van der Waals surface area contributed by atoms with Gasteiger partial charge in [0.1, 0.15) is 16.8 Å². The predicted molar refractivity (Wildman–Crippen MR) is 114 cm³/mol. The first-order valence-corrected chi connectivity index (χ1v) is 11.5. The second kappa shape index (κ2) is 9.89. The van der Waals surface area contributed by atoms with E-state index >= 15 is 0 Å². The van der Waals surface area contributed by atoms with Gasteiger partial charge in [-0.15, -0.1) is 0 Å². The quantitative estimate of drug-likeness (QED) is 0.664. The number of nitriles is 1. The summed E-state index contributed by atoms with van der Waals surface area (Å²) in [5.74, 6) is -2.62. The van der Waals surface area contributed by atoms with E-state index in [1.807, 2.05) is 6.07 Å². The number of nitrogens with zero attached hydrogens (tertiary/aromatic N) is 2. The van der Waals surface area contributed by atoms with Crippen LogP contribution in [-0.4, -0.2) is 43.8 Å². The summed E-state index contributed by atoms with van der Waals surface area (Å²) in [7, 11) is -4.10. The number of hydrogen-bond donors (Lipinski definition) is 1. The van der Waals surface area contributed by atoms with Crippen molar-refractivity contribution < 1.29 is 27.1 Å². The molecule has 0 bridgehead atoms. The average Bonchev–Trinajstić information content (AvgIpc) is 2.80. The minimum atomic E-state index is -4.10. The van der Waals surface area contributed by atoms with Gasteiger partial charge in [0.2, 0.25) is 10.0 Å². The van der Waals surface area contributed by atoms with Gasteiger partial charge in [-0.2, -0.15) is 9.57 Å². The lowest BCUT2D eigenvalue weighted by Gasteiger charge is -2.26. The maximum absolute atomic E-state index is 14.3. The molecule has 1 fully saturated rings. The SMILES string of the molecule is CC(OC(=O)c1ccc(F)c(S(=O)(=O)N2CCCCC2)c1)C(=O)Nc1ccccc1C#N. The number of hydrogen-bond acceptors (Lipinski definition) is 6. The van der Waals surface area contributed by atoms with Crippen molar-refractivity contribution in [3.05, 3.63) is 59.4 Å². The highest BCUT2D eigenvalue weighted by Crippen LogP contribution is 2.24. The van der Waals surface area contributed by atoms with Crippen molar-refractivity contribution in [3.63, 3.8) is 0 Å². The first-order chi connectivity index (χ1) is 15.2. The summed E-state index contributed by atoms with van der Waals surface area (Å²) >= 11 is 0. The standard InChI is InChI=1S/C22H22FN3O5S/c1-15(21(27)25-19-8-4-3-7-17(19)14-24)31-22(28)16-9-10-18(23)20(13-16)32(29,30)26-11-5-2-6-12-26/h3-4,7-10,13,15H,2,5-6,11-12H2,1H3,(H,25,27). The second-order valence-electron chi connectivity index (χ2n) is 7.30. The van der Waals surface area contributed by atoms with E-state index in [1.54, 1.807) is 12.1 Å². The summed E-state index contributed by atoms with van der Waals surface area (Å²) in [6.07, 6.45) is 1.02. The number of carbonyl (C=O) groups excluding carboxylic acids is 2. The third-order valence-corrected chi connectivity index (χ3v) is 6.97. The zero-order valence-corrected chi connectivity index (χ0v) is 18.2. The van der Waals surface area contributed by atoms with Crippen molar-refractivity contribution in [1.29, 1.82) is 5.26 Å². The Balaban J connectivity index is 1.74. The van der Waals surface area contributed by atoms with Gasteiger partial charge in [-0.25, -0.2) is 17.6 Å². The van der Waals surface area contributed by atoms with E-state index < -0.39 is 38.7 Å². The molecule has 0 radical (unpaired) electrons. The van der Waals surface area contributed by atoms with E-state index in [4.69, 9.17) is 10.00 Å². The van der Waals surface area contributed by atoms with Crippen molar-refractivity contribution in [3.8, 4) is 6.07 Å². The summed E-state index contributed by atoms with van der Waals surface area (Å²) in [5, 5.41) is 11.6. The van der Waals surface area contributed by atoms with Gasteiger partial charge < -0.3 is 10.1 Å². The minimum Gasteiger partial charge on any atom is -0.449 e. The highest BCUT2D eigenvalue weighted by molar-refractivity contribution is 7.89. The number of sulfonamides is 1. The van der Waals surface area contributed by atoms with Gasteiger partial charge >= 0.3 is 5.97 Å². The van der Waals surface area contributed by atoms with Crippen LogP contribution < -0.4 is 5.32 Å². The van der Waals surface area contributed by atoms with Crippen LogP contribution in [0.2, 0.25) is 0 Å². The Bertz CT molecular complexity index is 1170. The number of para-hydroxylation sites is 1. The zero-order valence-electron chi connectivity index (χ0n) is 17.4. The largest absolute Gasteiger partial charge is 0.449 e. The molecule has 1 heterocycles. The molecule has 1 saturated heterocycles. The van der Waals surface area contributed by atoms with Crippen molar-refractivity contribution >= 4 is 27.6 Å². The first-order valence-electron chi connectivity index (χ1n) is 10.0. The lowest BCUT2D eigenvalue weighted by Crippen LogP contribution is -2.36. The predicted octanol–water partition coefficient (Wildman–Crippen LogP) is 3.06. The third kappa shape index (κ3) is 5.12. The maximum atomic E-state index is 14.3. The van der Waals surface area contributed by atoms with E-state index in [0.29, 0.717) is 12.8 Å². The van der Waals surface area contributed by atoms with Crippen LogP contribution in [0.25, 0.3) is 0 Å². The van der Waals surface area contributed by atoms with Gasteiger partial charge in [0.15, 0.2) is 6.10 Å². The Kier molecular flexibility index (Phi) is 7.22. The molecule has 1 amide bonds. The van der Waals surface area contributed by atoms with Crippen LogP contribution in [0, 0.1) is 17.1 Å². The lowest BCUT2D eigenvalue weighted by molar-refractivity contribution is -0.123. The molecule has 8 nitrogen and oxygen atoms in total. The van der Waals surface area contributed by atoms with Crippen LogP contribution in [0.1, 0.15) is 42.1 Å². The molecule has 32 heavy (non-hydrogen) atoms. The molecule has 3 rings (SSSR count). The molecular weight excluding hydrogens is 437 g/mol. The van der Waals surface area contributed by atoms with Gasteiger partial charge in [0.05, 0.1) is 16.8 Å². The second-order valence-corrected chi connectivity index (χ2v) is 9.21. The summed E-state index contributed by atoms with van der Waals surface area (Å²) in [5.41, 5.74) is 0.309. The summed E-state index contributed by atoms with van der Waals surface area (Å²) < 4.78 is 46.3. The number of carbonyl (C=O) groups is 2. The minimum absolute atomic E-state index is 0.195. The van der Waals surface area contributed by atoms with Crippen molar-refractivity contribution in [2.45, 2.75) is 37.2 Å². The number of amides is 1. The fourth-order valence-corrected chi connectivity index (χ4v) is 4.89. The molecule has 1 unspecified atom stereocenters. The molecule has 1 N–H and O–H groups in total. The van der Waals surface area contributed by atoms with Crippen molar-refractivity contribution in [2.24, 2.45) is 0 Å². The van der Waals surface area contributed by atoms with E-state index in [0.717, 1.165) is 24.6 Å². The summed E-state index contributed by atoms with van der Waals surface area (Å²) in [4.78, 5) is 24.3. The number of rotatable bonds is 6. The number of halogens is 1. The van der Waals surface area contributed by atoms with E-state index in [2.05, 4.69) is 5.32 Å². The van der Waals surface area contributed by atoms with Crippen LogP contribution >= 0.6 is 0 Å². The Morgan fingerprint density at radius 2 is 1.84 bits per heavy atom. The highest BCUT2D eigenvalue weighted by Gasteiger charge is 2.30. The fourth-order valence-electron chi connectivity index (χ4n) is 3.28. The van der Waals surface area contributed by atoms with Crippen molar-refractivity contribution in [1.82, 2.24) is 4.31 Å². The number of benzene rings is 2. The number of ether oxygens (including phenoxy) is 1. The van der Waals surface area contributed by atoms with E-state index in [-0.39, 0.29) is 29.9 Å². The van der Waals surface area contributed by atoms with Gasteiger partial charge in [0.25, 0.3) is 5.91 Å². The van der Waals surface area contributed by atoms with Crippen LogP contribution in [0.4, 0.5) is 10.1 Å². The molecule has 1 atom stereocenters. The fraction of sp³-hybridized carbons (Fsp3) is 0.318. The Morgan fingerprint density at radius 1 is 1.16 bits per heavy atom. The zero-order chi connectivity index (χ0) is 23.3. The van der Waals surface area contributed by atoms with Crippen LogP contribution in [0.15, 0.2) is 47.4 Å². The molecule has 0 saturated carbocycles. The van der Waals surface area contributed by atoms with Gasteiger partial charge in [-0.3, -0.25) is 4.79 Å². The van der Waals surface area contributed by atoms with E-state index in [1.165, 1.54) is 23.4 Å². The summed E-state index contributed by atoms with van der Waals surface area (Å²) in [6, 6.07) is 11.2. The lowest BCUT2D eigenvalue weighted by atomic mass is 10.2. The van der Waals surface area contributed by atoms with Gasteiger partial charge in [0, 0.05) is 13.1 Å². The highest BCUT2D eigenvalue weighted by atomic mass is 32.2. The molecule has 2 aromatic carbocycles. The molecular formula is C22H22FN3O5S. The molecule has 168 valence electrons. The van der Waals surface area contributed by atoms with Crippen LogP contribution in [0.3, 0.4) is 0 Å². The first kappa shape index (κ1) is 23.4. The molecule has 1 aliphatic rings. The summed E-state index contributed by atoms with van der Waals surface area (Å²) in [6.45, 7) is 1.91. The molecule has 0 aliphatic carbocycles. The van der Waals surface area contributed by atoms with Crippen LogP contribution in [0.5, 0.6) is 0 Å². The van der Waals surface area contributed by atoms with E-state index in [9.17, 15) is 22.4 Å². The monoisotopic (exact) mass is 459 g/mol. The number of nitrogens with one attached hydrogen (secondary N) is 1. The Hall–Kier alpha value is -3.29. The number of anilines is 1. The number of piperidine rings is 1. The topological polar surface area (TPSA) is 117 Å².